The van der Waals surface area contributed by atoms with E-state index in [0.29, 0.717) is 18.7 Å². The van der Waals surface area contributed by atoms with Gasteiger partial charge in [-0.05, 0) is 48.4 Å². The number of hydrogen-bond acceptors (Lipinski definition) is 7. The maximum Gasteiger partial charge on any atom is 0.257 e. The summed E-state index contributed by atoms with van der Waals surface area (Å²) >= 11 is 0. The number of anilines is 2. The molecule has 2 aromatic heterocycles. The highest BCUT2D eigenvalue weighted by molar-refractivity contribution is 5.99. The number of nitrogens with zero attached hydrogens (tertiary/aromatic N) is 5. The van der Waals surface area contributed by atoms with Gasteiger partial charge < -0.3 is 20.3 Å². The normalized spacial score (nSPS) is 16.5. The second kappa shape index (κ2) is 8.83. The molecule has 0 radical (unpaired) electrons. The maximum atomic E-state index is 12.6. The third-order valence-electron chi connectivity index (χ3n) is 6.93. The summed E-state index contributed by atoms with van der Waals surface area (Å²) in [7, 11) is 3.41. The predicted molar refractivity (Wildman–Crippen MR) is 136 cm³/mol. The summed E-state index contributed by atoms with van der Waals surface area (Å²) in [6.45, 7) is 6.64. The fourth-order valence-electron chi connectivity index (χ4n) is 4.93. The first kappa shape index (κ1) is 23.1. The third kappa shape index (κ3) is 4.52. The Bertz CT molecular complexity index is 1290. The smallest absolute Gasteiger partial charge is 0.257 e. The molecule has 1 aliphatic heterocycles. The minimum Gasteiger partial charge on any atom is -0.491 e. The molecule has 0 saturated heterocycles. The zero-order chi connectivity index (χ0) is 24.7. The molecule has 35 heavy (non-hydrogen) atoms. The van der Waals surface area contributed by atoms with E-state index in [2.05, 4.69) is 34.8 Å². The molecule has 0 saturated carbocycles. The van der Waals surface area contributed by atoms with E-state index in [4.69, 9.17) is 15.5 Å². The highest BCUT2D eigenvalue weighted by atomic mass is 16.5. The van der Waals surface area contributed by atoms with Gasteiger partial charge in [0.25, 0.3) is 5.91 Å². The van der Waals surface area contributed by atoms with Crippen molar-refractivity contribution in [3.05, 3.63) is 59.2 Å². The van der Waals surface area contributed by atoms with Crippen LogP contribution in [0.25, 0.3) is 11.1 Å². The summed E-state index contributed by atoms with van der Waals surface area (Å²) in [5.74, 6) is 1.94. The zero-order valence-electron chi connectivity index (χ0n) is 20.8. The molecule has 0 unspecified atom stereocenters. The summed E-state index contributed by atoms with van der Waals surface area (Å²) in [4.78, 5) is 30.0. The van der Waals surface area contributed by atoms with Gasteiger partial charge in [-0.25, -0.2) is 15.0 Å². The molecular formula is C27H32N6O2. The fourth-order valence-corrected chi connectivity index (χ4v) is 4.93. The van der Waals surface area contributed by atoms with Gasteiger partial charge in [0.2, 0.25) is 0 Å². The van der Waals surface area contributed by atoms with Crippen molar-refractivity contribution in [1.29, 1.82) is 0 Å². The summed E-state index contributed by atoms with van der Waals surface area (Å²) in [5.41, 5.74) is 11.9. The number of pyridine rings is 1. The molecule has 182 valence electrons. The highest BCUT2D eigenvalue weighted by Gasteiger charge is 2.30. The number of nitrogen functional groups attached to an aromatic ring is 1. The summed E-state index contributed by atoms with van der Waals surface area (Å²) in [6, 6.07) is 7.92. The van der Waals surface area contributed by atoms with Crippen LogP contribution in [-0.4, -0.2) is 53.0 Å². The molecule has 1 aliphatic carbocycles. The molecule has 8 nitrogen and oxygen atoms in total. The topological polar surface area (TPSA) is 97.5 Å². The lowest BCUT2D eigenvalue weighted by Crippen LogP contribution is -2.31. The molecule has 5 rings (SSSR count). The van der Waals surface area contributed by atoms with Gasteiger partial charge in [0.15, 0.2) is 0 Å². The van der Waals surface area contributed by atoms with Crippen molar-refractivity contribution in [3.8, 4) is 16.9 Å². The van der Waals surface area contributed by atoms with Crippen LogP contribution in [0.5, 0.6) is 5.75 Å². The zero-order valence-corrected chi connectivity index (χ0v) is 20.8. The Balaban J connectivity index is 1.49. The van der Waals surface area contributed by atoms with Gasteiger partial charge in [-0.3, -0.25) is 4.79 Å². The third-order valence-corrected chi connectivity index (χ3v) is 6.93. The molecule has 3 aromatic rings. The second-order valence-electron chi connectivity index (χ2n) is 10.4. The van der Waals surface area contributed by atoms with Crippen LogP contribution in [0.4, 0.5) is 11.6 Å². The molecule has 3 heterocycles. The molecular weight excluding hydrogens is 440 g/mol. The Morgan fingerprint density at radius 3 is 2.77 bits per heavy atom. The van der Waals surface area contributed by atoms with Crippen molar-refractivity contribution in [3.63, 3.8) is 0 Å². The first-order chi connectivity index (χ1) is 16.7. The summed E-state index contributed by atoms with van der Waals surface area (Å²) in [6.07, 6.45) is 6.50. The van der Waals surface area contributed by atoms with E-state index in [1.807, 2.05) is 18.2 Å². The van der Waals surface area contributed by atoms with Crippen molar-refractivity contribution in [2.45, 2.75) is 39.7 Å². The van der Waals surface area contributed by atoms with Crippen LogP contribution >= 0.6 is 0 Å². The van der Waals surface area contributed by atoms with E-state index in [1.54, 1.807) is 26.6 Å². The Morgan fingerprint density at radius 1 is 1.14 bits per heavy atom. The van der Waals surface area contributed by atoms with E-state index in [0.717, 1.165) is 54.1 Å². The number of nitrogens with two attached hydrogens (primary N) is 1. The van der Waals surface area contributed by atoms with Crippen LogP contribution < -0.4 is 15.4 Å². The summed E-state index contributed by atoms with van der Waals surface area (Å²) < 4.78 is 6.11. The molecule has 2 aliphatic rings. The maximum absolute atomic E-state index is 12.6. The van der Waals surface area contributed by atoms with Crippen LogP contribution in [0.3, 0.4) is 0 Å². The molecule has 8 heteroatoms. The Hall–Kier alpha value is -3.68. The number of ether oxygens (including phenoxy) is 1. The minimum atomic E-state index is -0.169. The monoisotopic (exact) mass is 472 g/mol. The fraction of sp³-hybridized carbons (Fsp3) is 0.407. The Morgan fingerprint density at radius 2 is 1.97 bits per heavy atom. The number of amides is 1. The van der Waals surface area contributed by atoms with E-state index in [9.17, 15) is 4.79 Å². The second-order valence-corrected chi connectivity index (χ2v) is 10.4. The lowest BCUT2D eigenvalue weighted by Gasteiger charge is -2.33. The molecule has 1 amide bonds. The number of carbonyl (C=O) groups is 1. The standard InChI is InChI=1S/C27H32N6O2/c1-27(2)8-7-22-21(13-27)25(31-16-30-22)33-9-10-35-23-6-5-17(11-19(23)15-33)18-12-20(24(28)29-14-18)26(34)32(3)4/h5-6,11-12,14,16H,7-10,13,15H2,1-4H3,(H2,28,29). The van der Waals surface area contributed by atoms with Crippen molar-refractivity contribution >= 4 is 17.5 Å². The van der Waals surface area contributed by atoms with Crippen LogP contribution in [0.15, 0.2) is 36.8 Å². The van der Waals surface area contributed by atoms with E-state index < -0.39 is 0 Å². The number of rotatable bonds is 3. The first-order valence-corrected chi connectivity index (χ1v) is 12.0. The van der Waals surface area contributed by atoms with Crippen molar-refractivity contribution in [1.82, 2.24) is 19.9 Å². The quantitative estimate of drug-likeness (QED) is 0.620. The molecule has 0 fully saturated rings. The predicted octanol–water partition coefficient (Wildman–Crippen LogP) is 3.74. The lowest BCUT2D eigenvalue weighted by molar-refractivity contribution is 0.0828. The van der Waals surface area contributed by atoms with Crippen LogP contribution in [0.2, 0.25) is 0 Å². The SMILES string of the molecule is CN(C)C(=O)c1cc(-c2ccc3c(c2)CN(c2ncnc4c2CC(C)(C)CC4)CCO3)cnc1N. The lowest BCUT2D eigenvalue weighted by atomic mass is 9.76. The van der Waals surface area contributed by atoms with Gasteiger partial charge in [-0.15, -0.1) is 0 Å². The molecule has 1 aromatic carbocycles. The number of benzene rings is 1. The molecule has 0 atom stereocenters. The van der Waals surface area contributed by atoms with E-state index >= 15 is 0 Å². The van der Waals surface area contributed by atoms with Crippen LogP contribution in [-0.2, 0) is 19.4 Å². The largest absolute Gasteiger partial charge is 0.491 e. The number of carbonyl (C=O) groups excluding carboxylic acids is 1. The number of aromatic nitrogens is 3. The minimum absolute atomic E-state index is 0.169. The average molecular weight is 473 g/mol. The van der Waals surface area contributed by atoms with Crippen molar-refractivity contribution in [2.75, 3.05) is 37.9 Å². The first-order valence-electron chi connectivity index (χ1n) is 12.0. The Labute approximate surface area is 206 Å². The van der Waals surface area contributed by atoms with Crippen LogP contribution in [0.1, 0.15) is 47.4 Å². The van der Waals surface area contributed by atoms with Crippen molar-refractivity contribution in [2.24, 2.45) is 5.41 Å². The summed E-state index contributed by atoms with van der Waals surface area (Å²) in [5, 5.41) is 0. The number of aryl methyl sites for hydroxylation is 1. The van der Waals surface area contributed by atoms with E-state index in [-0.39, 0.29) is 17.1 Å². The van der Waals surface area contributed by atoms with Gasteiger partial charge in [0.05, 0.1) is 12.1 Å². The number of fused-ring (bicyclic) bond motifs is 2. The van der Waals surface area contributed by atoms with Gasteiger partial charge in [0, 0.05) is 49.2 Å². The van der Waals surface area contributed by atoms with E-state index in [1.165, 1.54) is 16.2 Å². The van der Waals surface area contributed by atoms with Gasteiger partial charge >= 0.3 is 0 Å². The van der Waals surface area contributed by atoms with Gasteiger partial charge in [-0.2, -0.15) is 0 Å². The van der Waals surface area contributed by atoms with Gasteiger partial charge in [-0.1, -0.05) is 19.9 Å². The average Bonchev–Trinajstić information content (AvgIpc) is 3.04. The number of hydrogen-bond donors (Lipinski definition) is 1. The Kier molecular flexibility index (Phi) is 5.83. The van der Waals surface area contributed by atoms with Crippen LogP contribution in [0, 0.1) is 5.41 Å². The molecule has 2 N–H and O–H groups in total. The molecule has 0 bridgehead atoms. The van der Waals surface area contributed by atoms with Gasteiger partial charge in [0.1, 0.15) is 30.3 Å². The molecule has 0 spiro atoms. The van der Waals surface area contributed by atoms with Crippen molar-refractivity contribution < 1.29 is 9.53 Å². The highest BCUT2D eigenvalue weighted by Crippen LogP contribution is 2.39.